The number of fused-ring (bicyclic) bond motifs is 1. The van der Waals surface area contributed by atoms with Gasteiger partial charge in [0.1, 0.15) is 10.0 Å². The number of carbonyl (C=O) groups is 1. The molecule has 1 amide bonds. The molecule has 0 spiro atoms. The average Bonchev–Trinajstić information content (AvgIpc) is 3.41. The first-order valence-electron chi connectivity index (χ1n) is 13.0. The van der Waals surface area contributed by atoms with Crippen molar-refractivity contribution in [2.75, 3.05) is 36.5 Å². The van der Waals surface area contributed by atoms with Gasteiger partial charge in [0.05, 0.1) is 30.3 Å². The largest absolute Gasteiger partial charge is 0.405 e. The maximum Gasteiger partial charge on any atom is 0.291 e. The van der Waals surface area contributed by atoms with E-state index < -0.39 is 12.1 Å². The standard InChI is InChI=1S/C29H26N8O3S/c30-24(23-28(37-14-16-39-17-15-37)41-27(35-23)21-12-6-7-13-32-21)40-29(31)36-25-26(38)33-20-11-5-4-10-19(20)22(34-25)18-8-2-1-3-9-18/h1-13,25,30H,14-17H2,(H2,31,36)(H,33,38). The Balaban J connectivity index is 1.31. The van der Waals surface area contributed by atoms with Crippen LogP contribution in [-0.2, 0) is 14.3 Å². The zero-order chi connectivity index (χ0) is 28.2. The number of carbonyl (C=O) groups excluding carboxylic acids is 1. The van der Waals surface area contributed by atoms with Gasteiger partial charge in [-0.2, -0.15) is 4.99 Å². The lowest BCUT2D eigenvalue weighted by Gasteiger charge is -2.27. The quantitative estimate of drug-likeness (QED) is 0.247. The number of anilines is 2. The number of hydrogen-bond donors (Lipinski definition) is 3. The maximum absolute atomic E-state index is 13.1. The highest BCUT2D eigenvalue weighted by Gasteiger charge is 2.28. The summed E-state index contributed by atoms with van der Waals surface area (Å²) >= 11 is 1.41. The van der Waals surface area contributed by atoms with Crippen LogP contribution in [0, 0.1) is 5.41 Å². The number of ether oxygens (including phenoxy) is 2. The number of pyridine rings is 1. The number of morpholine rings is 1. The number of aliphatic imine (C=N–C) groups is 2. The highest BCUT2D eigenvalue weighted by atomic mass is 32.1. The fourth-order valence-corrected chi connectivity index (χ4v) is 5.59. The fraction of sp³-hybridized carbons (Fsp3) is 0.172. The van der Waals surface area contributed by atoms with Crippen molar-refractivity contribution < 1.29 is 14.3 Å². The van der Waals surface area contributed by atoms with Crippen LogP contribution in [0.25, 0.3) is 10.7 Å². The Labute approximate surface area is 239 Å². The SMILES string of the molecule is N=C(O/C(N)=N/C1N=C(c2ccccc2)c2ccccc2NC1=O)c1nc(-c2ccccn2)sc1N1CCOCC1. The summed E-state index contributed by atoms with van der Waals surface area (Å²) in [4.78, 5) is 33.2. The van der Waals surface area contributed by atoms with Gasteiger partial charge in [-0.3, -0.25) is 15.2 Å². The van der Waals surface area contributed by atoms with E-state index in [0.29, 0.717) is 54.1 Å². The van der Waals surface area contributed by atoms with Gasteiger partial charge in [0.15, 0.2) is 5.69 Å². The Bertz CT molecular complexity index is 1630. The van der Waals surface area contributed by atoms with E-state index in [1.54, 1.807) is 6.20 Å². The first-order chi connectivity index (χ1) is 20.1. The predicted octanol–water partition coefficient (Wildman–Crippen LogP) is 3.51. The third-order valence-electron chi connectivity index (χ3n) is 6.44. The topological polar surface area (TPSA) is 151 Å². The number of para-hydroxylation sites is 1. The van der Waals surface area contributed by atoms with Gasteiger partial charge in [-0.25, -0.2) is 9.98 Å². The molecule has 41 heavy (non-hydrogen) atoms. The summed E-state index contributed by atoms with van der Waals surface area (Å²) in [5.41, 5.74) is 9.94. The number of aromatic nitrogens is 2. The smallest absolute Gasteiger partial charge is 0.291 e. The summed E-state index contributed by atoms with van der Waals surface area (Å²) < 4.78 is 11.2. The van der Waals surface area contributed by atoms with E-state index in [1.165, 1.54) is 11.3 Å². The van der Waals surface area contributed by atoms with E-state index >= 15 is 0 Å². The van der Waals surface area contributed by atoms with E-state index in [0.717, 1.165) is 16.1 Å². The third-order valence-corrected chi connectivity index (χ3v) is 7.57. The monoisotopic (exact) mass is 566 g/mol. The number of rotatable bonds is 5. The lowest BCUT2D eigenvalue weighted by molar-refractivity contribution is -0.117. The number of nitrogens with one attached hydrogen (secondary N) is 2. The average molecular weight is 567 g/mol. The molecule has 2 aliphatic heterocycles. The number of benzodiazepines with no additional fused rings is 1. The first-order valence-corrected chi connectivity index (χ1v) is 13.8. The molecule has 0 aliphatic carbocycles. The predicted molar refractivity (Wildman–Crippen MR) is 159 cm³/mol. The Hall–Kier alpha value is -4.94. The number of hydrogen-bond acceptors (Lipinski definition) is 10. The van der Waals surface area contributed by atoms with Gasteiger partial charge >= 0.3 is 0 Å². The maximum atomic E-state index is 13.1. The van der Waals surface area contributed by atoms with Crippen LogP contribution >= 0.6 is 11.3 Å². The molecule has 206 valence electrons. The van der Waals surface area contributed by atoms with E-state index in [9.17, 15) is 4.79 Å². The van der Waals surface area contributed by atoms with Crippen LogP contribution in [0.3, 0.4) is 0 Å². The summed E-state index contributed by atoms with van der Waals surface area (Å²) in [6.07, 6.45) is 0.459. The van der Waals surface area contributed by atoms with Gasteiger partial charge < -0.3 is 25.4 Å². The van der Waals surface area contributed by atoms with Crippen LogP contribution in [0.1, 0.15) is 16.8 Å². The van der Waals surface area contributed by atoms with Crippen LogP contribution < -0.4 is 16.0 Å². The van der Waals surface area contributed by atoms with Gasteiger partial charge in [-0.05, 0) is 18.2 Å². The van der Waals surface area contributed by atoms with Crippen LogP contribution in [0.5, 0.6) is 0 Å². The van der Waals surface area contributed by atoms with Crippen molar-refractivity contribution in [2.24, 2.45) is 15.7 Å². The molecule has 0 bridgehead atoms. The van der Waals surface area contributed by atoms with Gasteiger partial charge in [0, 0.05) is 30.4 Å². The Kier molecular flexibility index (Phi) is 7.48. The van der Waals surface area contributed by atoms with Gasteiger partial charge in [0.2, 0.25) is 12.1 Å². The molecule has 0 radical (unpaired) electrons. The minimum absolute atomic E-state index is 0.296. The highest BCUT2D eigenvalue weighted by molar-refractivity contribution is 7.19. The van der Waals surface area contributed by atoms with Crippen molar-refractivity contribution in [1.82, 2.24) is 9.97 Å². The number of amides is 1. The molecule has 11 nitrogen and oxygen atoms in total. The van der Waals surface area contributed by atoms with Crippen LogP contribution in [-0.4, -0.2) is 66.0 Å². The van der Waals surface area contributed by atoms with E-state index in [2.05, 4.69) is 30.2 Å². The Morgan fingerprint density at radius 3 is 2.61 bits per heavy atom. The lowest BCUT2D eigenvalue weighted by Crippen LogP contribution is -2.37. The van der Waals surface area contributed by atoms with Crippen molar-refractivity contribution in [3.8, 4) is 10.7 Å². The van der Waals surface area contributed by atoms with Crippen molar-refractivity contribution in [3.63, 3.8) is 0 Å². The van der Waals surface area contributed by atoms with Crippen LogP contribution in [0.4, 0.5) is 10.7 Å². The number of amidine groups is 1. The number of nitrogens with zero attached hydrogens (tertiary/aromatic N) is 5. The molecular weight excluding hydrogens is 540 g/mol. The summed E-state index contributed by atoms with van der Waals surface area (Å²) in [5.74, 6) is -0.766. The fourth-order valence-electron chi connectivity index (χ4n) is 4.50. The second-order valence-corrected chi connectivity index (χ2v) is 10.1. The molecule has 2 aromatic heterocycles. The lowest BCUT2D eigenvalue weighted by atomic mass is 10.0. The molecule has 4 N–H and O–H groups in total. The molecule has 0 saturated carbocycles. The second-order valence-electron chi connectivity index (χ2n) is 9.14. The molecule has 1 fully saturated rings. The molecule has 1 saturated heterocycles. The molecular formula is C29H26N8O3S. The summed E-state index contributed by atoms with van der Waals surface area (Å²) in [7, 11) is 0. The molecule has 1 atom stereocenters. The number of thiazole rings is 1. The molecule has 4 heterocycles. The van der Waals surface area contributed by atoms with Crippen molar-refractivity contribution in [3.05, 3.63) is 95.8 Å². The van der Waals surface area contributed by atoms with E-state index in [1.807, 2.05) is 72.8 Å². The number of benzene rings is 2. The molecule has 6 rings (SSSR count). The van der Waals surface area contributed by atoms with Gasteiger partial charge in [-0.1, -0.05) is 65.9 Å². The van der Waals surface area contributed by atoms with Gasteiger partial charge in [0.25, 0.3) is 11.9 Å². The van der Waals surface area contributed by atoms with Crippen molar-refractivity contribution in [1.29, 1.82) is 5.41 Å². The Morgan fingerprint density at radius 2 is 1.83 bits per heavy atom. The molecule has 1 unspecified atom stereocenters. The zero-order valence-corrected chi connectivity index (χ0v) is 22.7. The number of nitrogens with two attached hydrogens (primary N) is 1. The Morgan fingerprint density at radius 1 is 1.07 bits per heavy atom. The summed E-state index contributed by atoms with van der Waals surface area (Å²) in [5, 5.41) is 13.0. The second kappa shape index (κ2) is 11.7. The molecule has 12 heteroatoms. The zero-order valence-electron chi connectivity index (χ0n) is 21.9. The molecule has 2 aliphatic rings. The van der Waals surface area contributed by atoms with Gasteiger partial charge in [-0.15, -0.1) is 0 Å². The van der Waals surface area contributed by atoms with Crippen molar-refractivity contribution in [2.45, 2.75) is 6.17 Å². The van der Waals surface area contributed by atoms with E-state index in [4.69, 9.17) is 20.6 Å². The molecule has 2 aromatic carbocycles. The molecule has 4 aromatic rings. The van der Waals surface area contributed by atoms with Crippen LogP contribution in [0.15, 0.2) is 89.0 Å². The minimum Gasteiger partial charge on any atom is -0.405 e. The summed E-state index contributed by atoms with van der Waals surface area (Å²) in [6, 6.07) is 22.1. The van der Waals surface area contributed by atoms with Crippen molar-refractivity contribution >= 4 is 45.6 Å². The van der Waals surface area contributed by atoms with Crippen LogP contribution in [0.2, 0.25) is 0 Å². The normalized spacial score (nSPS) is 17.2. The third kappa shape index (κ3) is 5.69. The minimum atomic E-state index is -1.23. The van der Waals surface area contributed by atoms with E-state index in [-0.39, 0.29) is 11.9 Å². The highest BCUT2D eigenvalue weighted by Crippen LogP contribution is 2.35. The first kappa shape index (κ1) is 26.3. The summed E-state index contributed by atoms with van der Waals surface area (Å²) in [6.45, 7) is 2.42.